The van der Waals surface area contributed by atoms with E-state index >= 15 is 0 Å². The molecule has 2 N–H and O–H groups in total. The zero-order valence-electron chi connectivity index (χ0n) is 14.9. The van der Waals surface area contributed by atoms with Crippen LogP contribution in [-0.4, -0.2) is 27.5 Å². The Morgan fingerprint density at radius 2 is 0.933 bits per heavy atom. The molecule has 30 heavy (non-hydrogen) atoms. The van der Waals surface area contributed by atoms with Crippen molar-refractivity contribution in [2.24, 2.45) is 0 Å². The van der Waals surface area contributed by atoms with Crippen LogP contribution in [0, 0.1) is 0 Å². The third kappa shape index (κ3) is 2.81. The van der Waals surface area contributed by atoms with E-state index in [0.29, 0.717) is 43.6 Å². The van der Waals surface area contributed by atoms with Crippen LogP contribution in [0.1, 0.15) is 0 Å². The van der Waals surface area contributed by atoms with Crippen molar-refractivity contribution in [2.75, 3.05) is 0 Å². The summed E-state index contributed by atoms with van der Waals surface area (Å²) in [5.41, 5.74) is 0.812. The monoisotopic (exact) mass is 438 g/mol. The molecule has 5 aromatic rings. The second kappa shape index (κ2) is 6.67. The minimum atomic E-state index is -2.44. The van der Waals surface area contributed by atoms with E-state index in [4.69, 9.17) is 0 Å². The van der Waals surface area contributed by atoms with E-state index in [0.717, 1.165) is 0 Å². The number of aromatic nitrogens is 2. The van der Waals surface area contributed by atoms with Crippen molar-refractivity contribution in [1.82, 2.24) is 9.97 Å². The third-order valence-electron chi connectivity index (χ3n) is 5.04. The molecule has 0 aliphatic rings. The van der Waals surface area contributed by atoms with Gasteiger partial charge in [-0.1, -0.05) is 0 Å². The summed E-state index contributed by atoms with van der Waals surface area (Å²) in [4.78, 5) is 32.0. The molecule has 5 rings (SSSR count). The zero-order valence-corrected chi connectivity index (χ0v) is 16.5. The Morgan fingerprint density at radius 1 is 0.567 bits per heavy atom. The van der Waals surface area contributed by atoms with Gasteiger partial charge in [-0.3, -0.25) is 18.0 Å². The van der Waals surface area contributed by atoms with E-state index in [1.165, 1.54) is 48.5 Å². The van der Waals surface area contributed by atoms with E-state index in [-0.39, 0.29) is 20.6 Å². The summed E-state index contributed by atoms with van der Waals surface area (Å²) in [6.07, 6.45) is 0. The van der Waals surface area contributed by atoms with Crippen molar-refractivity contribution in [3.05, 3.63) is 69.0 Å². The maximum atomic E-state index is 13.0. The van der Waals surface area contributed by atoms with Crippen molar-refractivity contribution < 1.29 is 17.5 Å². The van der Waals surface area contributed by atoms with Gasteiger partial charge in [0.05, 0.1) is 22.1 Å². The van der Waals surface area contributed by atoms with Gasteiger partial charge >= 0.3 is 0 Å². The minimum absolute atomic E-state index is 0.0358. The van der Waals surface area contributed by atoms with Crippen LogP contribution in [0.25, 0.3) is 43.6 Å². The molecule has 0 fully saturated rings. The Kier molecular flexibility index (Phi) is 4.19. The second-order valence-electron chi connectivity index (χ2n) is 6.74. The number of aromatic amines is 2. The molecule has 150 valence electrons. The minimum Gasteiger partial charge on any atom is -0.768 e. The lowest BCUT2D eigenvalue weighted by Crippen LogP contribution is -2.08. The lowest BCUT2D eigenvalue weighted by molar-refractivity contribution is 0.535. The first-order valence-corrected chi connectivity index (χ1v) is 10.8. The summed E-state index contributed by atoms with van der Waals surface area (Å²) >= 11 is -4.89. The molecular formula is C20H10N2O6S2-2. The van der Waals surface area contributed by atoms with Crippen LogP contribution >= 0.6 is 0 Å². The fourth-order valence-electron chi connectivity index (χ4n) is 3.62. The van der Waals surface area contributed by atoms with Gasteiger partial charge in [0.2, 0.25) is 0 Å². The Bertz CT molecular complexity index is 1580. The van der Waals surface area contributed by atoms with Gasteiger partial charge in [0.15, 0.2) is 10.9 Å². The third-order valence-corrected chi connectivity index (χ3v) is 6.32. The van der Waals surface area contributed by atoms with Crippen LogP contribution in [-0.2, 0) is 22.2 Å². The van der Waals surface area contributed by atoms with Crippen molar-refractivity contribution in [3.63, 3.8) is 0 Å². The van der Waals surface area contributed by atoms with E-state index in [9.17, 15) is 27.1 Å². The highest BCUT2D eigenvalue weighted by molar-refractivity contribution is 7.79. The summed E-state index contributed by atoms with van der Waals surface area (Å²) in [7, 11) is 0. The van der Waals surface area contributed by atoms with Crippen LogP contribution < -0.4 is 10.9 Å². The molecule has 0 saturated carbocycles. The highest BCUT2D eigenvalue weighted by atomic mass is 32.2. The molecule has 3 aromatic carbocycles. The largest absolute Gasteiger partial charge is 0.768 e. The number of hydrogen-bond donors (Lipinski definition) is 2. The quantitative estimate of drug-likeness (QED) is 0.319. The molecule has 0 aliphatic heterocycles. The van der Waals surface area contributed by atoms with Gasteiger partial charge in [-0.2, -0.15) is 0 Å². The summed E-state index contributed by atoms with van der Waals surface area (Å²) < 4.78 is 44.9. The highest BCUT2D eigenvalue weighted by Crippen LogP contribution is 2.23. The van der Waals surface area contributed by atoms with Gasteiger partial charge in [0, 0.05) is 31.3 Å². The number of benzene rings is 3. The summed E-state index contributed by atoms with van der Waals surface area (Å²) in [6, 6.07) is 11.3. The fraction of sp³-hybridized carbons (Fsp3) is 0. The molecule has 0 radical (unpaired) electrons. The normalized spacial score (nSPS) is 13.9. The lowest BCUT2D eigenvalue weighted by atomic mass is 10.1. The smallest absolute Gasteiger partial charge is 0.197 e. The molecule has 0 saturated heterocycles. The SMILES string of the molecule is O=c1c2ccc(S(=O)[O-])cc2[nH]c2cc3c(=O)c4ccc(S(=O)[O-])cc4[nH]c3cc12. The second-order valence-corrected chi connectivity index (χ2v) is 8.62. The molecular weight excluding hydrogens is 428 g/mol. The predicted molar refractivity (Wildman–Crippen MR) is 112 cm³/mol. The molecule has 2 atom stereocenters. The van der Waals surface area contributed by atoms with Gasteiger partial charge in [-0.25, -0.2) is 0 Å². The first-order valence-electron chi connectivity index (χ1n) is 8.61. The molecule has 8 nitrogen and oxygen atoms in total. The van der Waals surface area contributed by atoms with Gasteiger partial charge < -0.3 is 19.1 Å². The molecule has 10 heteroatoms. The number of pyridine rings is 2. The molecule has 0 amide bonds. The van der Waals surface area contributed by atoms with E-state index in [1.54, 1.807) is 0 Å². The fourth-order valence-corrected chi connectivity index (χ4v) is 4.41. The zero-order chi connectivity index (χ0) is 21.2. The molecule has 2 heterocycles. The van der Waals surface area contributed by atoms with Crippen LogP contribution in [0.5, 0.6) is 0 Å². The molecule has 2 aromatic heterocycles. The van der Waals surface area contributed by atoms with E-state index < -0.39 is 22.2 Å². The van der Waals surface area contributed by atoms with E-state index in [1.807, 2.05) is 0 Å². The summed E-state index contributed by atoms with van der Waals surface area (Å²) in [5, 5.41) is 1.24. The molecule has 0 aliphatic carbocycles. The molecule has 0 spiro atoms. The maximum Gasteiger partial charge on any atom is 0.197 e. The van der Waals surface area contributed by atoms with Crippen molar-refractivity contribution in [1.29, 1.82) is 0 Å². The number of nitrogens with one attached hydrogen (secondary N) is 2. The first kappa shape index (κ1) is 18.8. The Morgan fingerprint density at radius 3 is 1.30 bits per heavy atom. The predicted octanol–water partition coefficient (Wildman–Crippen LogP) is 2.15. The van der Waals surface area contributed by atoms with Gasteiger partial charge in [-0.15, -0.1) is 0 Å². The summed E-state index contributed by atoms with van der Waals surface area (Å²) in [5.74, 6) is 0. The van der Waals surface area contributed by atoms with E-state index in [2.05, 4.69) is 9.97 Å². The Balaban J connectivity index is 1.89. The molecule has 2 unspecified atom stereocenters. The van der Waals surface area contributed by atoms with Crippen LogP contribution in [0.3, 0.4) is 0 Å². The first-order chi connectivity index (χ1) is 14.3. The summed E-state index contributed by atoms with van der Waals surface area (Å²) in [6.45, 7) is 0. The van der Waals surface area contributed by atoms with Gasteiger partial charge in [0.25, 0.3) is 0 Å². The number of hydrogen-bond acceptors (Lipinski definition) is 6. The average molecular weight is 438 g/mol. The van der Waals surface area contributed by atoms with Gasteiger partial charge in [0.1, 0.15) is 0 Å². The topological polar surface area (TPSA) is 146 Å². The Hall–Kier alpha value is -3.18. The maximum absolute atomic E-state index is 13.0. The van der Waals surface area contributed by atoms with Crippen molar-refractivity contribution in [2.45, 2.75) is 9.79 Å². The number of fused-ring (bicyclic) bond motifs is 4. The highest BCUT2D eigenvalue weighted by Gasteiger charge is 2.12. The van der Waals surface area contributed by atoms with Crippen molar-refractivity contribution in [3.8, 4) is 0 Å². The van der Waals surface area contributed by atoms with Crippen LogP contribution in [0.2, 0.25) is 0 Å². The van der Waals surface area contributed by atoms with Gasteiger partial charge in [-0.05, 0) is 70.7 Å². The average Bonchev–Trinajstić information content (AvgIpc) is 2.72. The number of H-pyrrole nitrogens is 2. The van der Waals surface area contributed by atoms with Crippen molar-refractivity contribution >= 4 is 65.8 Å². The lowest BCUT2D eigenvalue weighted by Gasteiger charge is -2.10. The van der Waals surface area contributed by atoms with Crippen LogP contribution in [0.4, 0.5) is 0 Å². The molecule has 0 bridgehead atoms. The number of rotatable bonds is 2. The van der Waals surface area contributed by atoms with Crippen LogP contribution in [0.15, 0.2) is 67.9 Å². The Labute approximate surface area is 172 Å². The standard InChI is InChI=1S/C20H12N2O6S2/c23-19-11-3-1-9(29(25)26)5-15(11)21-17-8-14-18(7-13(17)19)22-16-6-10(30(27)28)2-4-12(16)20(14)24/h1-8H,(H,21,23)(H,22,24)(H,25,26)(H,27,28)/p-2.